The number of hydrogen-bond acceptors (Lipinski definition) is 6. The molecule has 0 saturated carbocycles. The van der Waals surface area contributed by atoms with E-state index >= 15 is 0 Å². The van der Waals surface area contributed by atoms with Gasteiger partial charge in [0.2, 0.25) is 0 Å². The molecule has 126 valence electrons. The third-order valence-corrected chi connectivity index (χ3v) is 4.23. The predicted molar refractivity (Wildman–Crippen MR) is 91.7 cm³/mol. The maximum atomic E-state index is 12.4. The van der Waals surface area contributed by atoms with E-state index in [0.29, 0.717) is 44.2 Å². The maximum Gasteiger partial charge on any atom is 0.293 e. The summed E-state index contributed by atoms with van der Waals surface area (Å²) in [7, 11) is 0. The molecule has 0 aliphatic carbocycles. The Morgan fingerprint density at radius 3 is 2.50 bits per heavy atom. The number of hydrogen-bond donors (Lipinski definition) is 0. The second-order valence-electron chi connectivity index (χ2n) is 5.56. The number of nitro benzene ring substituents is 1. The van der Waals surface area contributed by atoms with Crippen molar-refractivity contribution >= 4 is 17.2 Å². The lowest BCUT2D eigenvalue weighted by Gasteiger charge is -2.36. The molecule has 24 heavy (non-hydrogen) atoms. The number of anilines is 2. The van der Waals surface area contributed by atoms with Gasteiger partial charge in [0.1, 0.15) is 5.69 Å². The molecule has 1 aromatic heterocycles. The predicted octanol–water partition coefficient (Wildman–Crippen LogP) is 1.50. The van der Waals surface area contributed by atoms with Gasteiger partial charge in [-0.25, -0.2) is 4.98 Å². The fourth-order valence-corrected chi connectivity index (χ4v) is 2.95. The number of aryl methyl sites for hydroxylation is 1. The highest BCUT2D eigenvalue weighted by molar-refractivity contribution is 5.63. The van der Waals surface area contributed by atoms with E-state index in [1.165, 1.54) is 6.07 Å². The van der Waals surface area contributed by atoms with E-state index in [9.17, 15) is 14.9 Å². The van der Waals surface area contributed by atoms with Gasteiger partial charge in [-0.2, -0.15) is 0 Å². The van der Waals surface area contributed by atoms with Crippen molar-refractivity contribution in [3.63, 3.8) is 0 Å². The van der Waals surface area contributed by atoms with E-state index in [2.05, 4.69) is 4.98 Å². The first kappa shape index (κ1) is 16.0. The highest BCUT2D eigenvalue weighted by Gasteiger charge is 2.25. The van der Waals surface area contributed by atoms with Crippen molar-refractivity contribution in [1.29, 1.82) is 0 Å². The highest BCUT2D eigenvalue weighted by Crippen LogP contribution is 2.28. The number of rotatable bonds is 4. The first-order valence-corrected chi connectivity index (χ1v) is 7.90. The van der Waals surface area contributed by atoms with Crippen LogP contribution in [-0.4, -0.2) is 40.7 Å². The number of para-hydroxylation sites is 2. The van der Waals surface area contributed by atoms with E-state index in [0.717, 1.165) is 0 Å². The number of benzene rings is 1. The van der Waals surface area contributed by atoms with Gasteiger partial charge >= 0.3 is 0 Å². The van der Waals surface area contributed by atoms with Crippen LogP contribution in [0.15, 0.2) is 41.5 Å². The number of nitro groups is 1. The van der Waals surface area contributed by atoms with Crippen LogP contribution in [0.4, 0.5) is 17.2 Å². The Bertz CT molecular complexity index is 796. The van der Waals surface area contributed by atoms with Crippen LogP contribution in [0.2, 0.25) is 0 Å². The molecule has 1 aliphatic rings. The fourth-order valence-electron chi connectivity index (χ4n) is 2.95. The Hall–Kier alpha value is -2.90. The zero-order chi connectivity index (χ0) is 17.1. The number of nitrogens with zero attached hydrogens (tertiary/aromatic N) is 5. The molecule has 1 aromatic carbocycles. The molecule has 1 aliphatic heterocycles. The van der Waals surface area contributed by atoms with E-state index in [4.69, 9.17) is 0 Å². The molecule has 1 fully saturated rings. The normalized spacial score (nSPS) is 14.7. The summed E-state index contributed by atoms with van der Waals surface area (Å²) < 4.78 is 1.62. The Morgan fingerprint density at radius 1 is 1.17 bits per heavy atom. The van der Waals surface area contributed by atoms with Crippen molar-refractivity contribution in [2.75, 3.05) is 36.0 Å². The molecule has 3 rings (SSSR count). The van der Waals surface area contributed by atoms with Gasteiger partial charge in [0.05, 0.1) is 4.92 Å². The first-order valence-electron chi connectivity index (χ1n) is 7.90. The standard InChI is InChI=1S/C16H19N5O3/c1-2-18-8-7-17-15(16(18)22)20-11-9-19(10-12-20)13-5-3-4-6-14(13)21(23)24/h3-8H,2,9-12H2,1H3. The summed E-state index contributed by atoms with van der Waals surface area (Å²) in [5.41, 5.74) is 0.630. The first-order chi connectivity index (χ1) is 11.6. The number of aromatic nitrogens is 2. The minimum absolute atomic E-state index is 0.0980. The fraction of sp³-hybridized carbons (Fsp3) is 0.375. The molecule has 2 aromatic rings. The summed E-state index contributed by atoms with van der Waals surface area (Å²) >= 11 is 0. The summed E-state index contributed by atoms with van der Waals surface area (Å²) in [4.78, 5) is 31.3. The molecular formula is C16H19N5O3. The highest BCUT2D eigenvalue weighted by atomic mass is 16.6. The van der Waals surface area contributed by atoms with Crippen LogP contribution in [0.3, 0.4) is 0 Å². The quantitative estimate of drug-likeness (QED) is 0.624. The zero-order valence-corrected chi connectivity index (χ0v) is 13.5. The third kappa shape index (κ3) is 2.94. The second kappa shape index (κ2) is 6.69. The largest absolute Gasteiger partial charge is 0.362 e. The lowest BCUT2D eigenvalue weighted by atomic mass is 10.2. The van der Waals surface area contributed by atoms with Crippen LogP contribution < -0.4 is 15.4 Å². The zero-order valence-electron chi connectivity index (χ0n) is 13.5. The van der Waals surface area contributed by atoms with Crippen molar-refractivity contribution in [3.05, 3.63) is 57.1 Å². The van der Waals surface area contributed by atoms with E-state index in [1.807, 2.05) is 16.7 Å². The van der Waals surface area contributed by atoms with Gasteiger partial charge in [0, 0.05) is 51.2 Å². The van der Waals surface area contributed by atoms with Gasteiger partial charge in [0.25, 0.3) is 11.2 Å². The molecule has 0 atom stereocenters. The van der Waals surface area contributed by atoms with Crippen LogP contribution in [0.1, 0.15) is 6.92 Å². The molecule has 1 saturated heterocycles. The minimum atomic E-state index is -0.361. The number of piperazine rings is 1. The van der Waals surface area contributed by atoms with Gasteiger partial charge < -0.3 is 14.4 Å². The van der Waals surface area contributed by atoms with Crippen LogP contribution in [0, 0.1) is 10.1 Å². The maximum absolute atomic E-state index is 12.4. The summed E-state index contributed by atoms with van der Waals surface area (Å²) in [6.45, 7) is 4.92. The van der Waals surface area contributed by atoms with Crippen molar-refractivity contribution in [2.24, 2.45) is 0 Å². The minimum Gasteiger partial charge on any atom is -0.362 e. The van der Waals surface area contributed by atoms with Crippen molar-refractivity contribution in [2.45, 2.75) is 13.5 Å². The van der Waals surface area contributed by atoms with Crippen molar-refractivity contribution < 1.29 is 4.92 Å². The molecule has 0 unspecified atom stereocenters. The molecule has 0 bridgehead atoms. The van der Waals surface area contributed by atoms with Crippen LogP contribution in [0.25, 0.3) is 0 Å². The molecule has 8 nitrogen and oxygen atoms in total. The summed E-state index contributed by atoms with van der Waals surface area (Å²) in [6.07, 6.45) is 3.31. The molecule has 8 heteroatoms. The van der Waals surface area contributed by atoms with Crippen LogP contribution in [-0.2, 0) is 6.54 Å². The topological polar surface area (TPSA) is 84.5 Å². The lowest BCUT2D eigenvalue weighted by Crippen LogP contribution is -2.49. The Morgan fingerprint density at radius 2 is 1.83 bits per heavy atom. The van der Waals surface area contributed by atoms with Gasteiger partial charge in [-0.15, -0.1) is 0 Å². The van der Waals surface area contributed by atoms with Gasteiger partial charge in [-0.1, -0.05) is 12.1 Å². The molecular weight excluding hydrogens is 310 g/mol. The van der Waals surface area contributed by atoms with Gasteiger partial charge in [-0.3, -0.25) is 14.9 Å². The van der Waals surface area contributed by atoms with Crippen molar-refractivity contribution in [1.82, 2.24) is 9.55 Å². The molecule has 2 heterocycles. The smallest absolute Gasteiger partial charge is 0.293 e. The molecule has 0 amide bonds. The lowest BCUT2D eigenvalue weighted by molar-refractivity contribution is -0.384. The van der Waals surface area contributed by atoms with E-state index in [1.54, 1.807) is 35.2 Å². The Kier molecular flexibility index (Phi) is 4.45. The van der Waals surface area contributed by atoms with Gasteiger partial charge in [0.15, 0.2) is 5.82 Å². The molecule has 0 N–H and O–H groups in total. The Labute approximate surface area is 139 Å². The summed E-state index contributed by atoms with van der Waals surface area (Å²) in [6, 6.07) is 6.74. The third-order valence-electron chi connectivity index (χ3n) is 4.23. The second-order valence-corrected chi connectivity index (χ2v) is 5.56. The van der Waals surface area contributed by atoms with Crippen LogP contribution in [0.5, 0.6) is 0 Å². The average Bonchev–Trinajstić information content (AvgIpc) is 2.62. The molecule has 0 radical (unpaired) electrons. The van der Waals surface area contributed by atoms with E-state index < -0.39 is 0 Å². The van der Waals surface area contributed by atoms with E-state index in [-0.39, 0.29) is 16.2 Å². The summed E-state index contributed by atoms with van der Waals surface area (Å²) in [5.74, 6) is 0.446. The average molecular weight is 329 g/mol. The van der Waals surface area contributed by atoms with Gasteiger partial charge in [-0.05, 0) is 13.0 Å². The Balaban J connectivity index is 1.78. The summed E-state index contributed by atoms with van der Waals surface area (Å²) in [5, 5.41) is 11.2. The monoisotopic (exact) mass is 329 g/mol. The SMILES string of the molecule is CCn1ccnc(N2CCN(c3ccccc3[N+](=O)[O-])CC2)c1=O. The molecule has 0 spiro atoms. The van der Waals surface area contributed by atoms with Crippen molar-refractivity contribution in [3.8, 4) is 0 Å². The van der Waals surface area contributed by atoms with Crippen LogP contribution >= 0.6 is 0 Å².